The van der Waals surface area contributed by atoms with Crippen LogP contribution in [-0.2, 0) is 6.04 Å². The first-order chi connectivity index (χ1) is 5.29. The van der Waals surface area contributed by atoms with E-state index >= 15 is 0 Å². The van der Waals surface area contributed by atoms with Crippen LogP contribution in [0.2, 0.25) is 0 Å². The van der Waals surface area contributed by atoms with Crippen molar-refractivity contribution in [3.8, 4) is 5.75 Å². The van der Waals surface area contributed by atoms with Gasteiger partial charge in [0.2, 0.25) is 0 Å². The maximum absolute atomic E-state index is 5.18. The Morgan fingerprint density at radius 3 is 2.73 bits per heavy atom. The van der Waals surface area contributed by atoms with E-state index in [9.17, 15) is 0 Å². The lowest BCUT2D eigenvalue weighted by Gasteiger charge is -2.07. The lowest BCUT2D eigenvalue weighted by Crippen LogP contribution is -1.94. The number of halogens is 1. The summed E-state index contributed by atoms with van der Waals surface area (Å²) in [7, 11) is 5.15. The van der Waals surface area contributed by atoms with Crippen molar-refractivity contribution in [2.24, 2.45) is 0 Å². The van der Waals surface area contributed by atoms with Crippen molar-refractivity contribution in [1.82, 2.24) is 0 Å². The van der Waals surface area contributed by atoms with Gasteiger partial charge in [0.15, 0.2) is 0 Å². The minimum Gasteiger partial charge on any atom is -0.496 e. The first-order valence-corrected chi connectivity index (χ1v) is 5.04. The predicted octanol–water partition coefficient (Wildman–Crippen LogP) is 1.97. The van der Waals surface area contributed by atoms with Crippen LogP contribution in [0.25, 0.3) is 0 Å². The Morgan fingerprint density at radius 2 is 2.27 bits per heavy atom. The van der Waals surface area contributed by atoms with E-state index in [1.165, 1.54) is 9.13 Å². The summed E-state index contributed by atoms with van der Waals surface area (Å²) >= 11 is 2.30. The molecule has 3 radical (unpaired) electrons. The third kappa shape index (κ3) is 1.96. The van der Waals surface area contributed by atoms with E-state index in [0.717, 1.165) is 11.8 Å². The van der Waals surface area contributed by atoms with Gasteiger partial charge in [0.1, 0.15) is 5.75 Å². The molecule has 0 spiro atoms. The second kappa shape index (κ2) is 4.11. The summed E-state index contributed by atoms with van der Waals surface area (Å²) in [5, 5.41) is 0. The lowest BCUT2D eigenvalue weighted by molar-refractivity contribution is 0.411. The predicted molar refractivity (Wildman–Crippen MR) is 55.2 cm³/mol. The van der Waals surface area contributed by atoms with Crippen LogP contribution in [0.3, 0.4) is 0 Å². The van der Waals surface area contributed by atoms with E-state index in [1.807, 2.05) is 12.1 Å². The molecule has 0 atom stereocenters. The fraction of sp³-hybridized carbons (Fsp3) is 0.250. The van der Waals surface area contributed by atoms with Crippen LogP contribution in [0, 0.1) is 3.57 Å². The highest BCUT2D eigenvalue weighted by molar-refractivity contribution is 14.1. The van der Waals surface area contributed by atoms with Gasteiger partial charge in [-0.1, -0.05) is 6.07 Å². The van der Waals surface area contributed by atoms with E-state index in [1.54, 1.807) is 7.11 Å². The van der Waals surface area contributed by atoms with Crippen LogP contribution in [0.15, 0.2) is 18.2 Å². The second-order valence-corrected chi connectivity index (χ2v) is 3.61. The molecule has 0 heterocycles. The van der Waals surface area contributed by atoms with Crippen molar-refractivity contribution in [1.29, 1.82) is 0 Å². The Balaban J connectivity index is 3.13. The highest BCUT2D eigenvalue weighted by Gasteiger charge is 2.02. The largest absolute Gasteiger partial charge is 0.496 e. The summed E-state index contributed by atoms with van der Waals surface area (Å²) in [4.78, 5) is 0. The summed E-state index contributed by atoms with van der Waals surface area (Å²) in [6.07, 6.45) is 0. The summed E-state index contributed by atoms with van der Waals surface area (Å²) in [6, 6.07) is 6.87. The molecule has 0 N–H and O–H groups in total. The highest BCUT2D eigenvalue weighted by Crippen LogP contribution is 2.22. The Bertz CT molecular complexity index is 250. The minimum absolute atomic E-state index is 0.836. The van der Waals surface area contributed by atoms with Gasteiger partial charge in [-0.3, -0.25) is 0 Å². The normalized spacial score (nSPS) is 9.73. The van der Waals surface area contributed by atoms with Gasteiger partial charge in [-0.15, -0.1) is 0 Å². The quantitative estimate of drug-likeness (QED) is 0.592. The first-order valence-electron chi connectivity index (χ1n) is 3.25. The molecule has 0 aromatic heterocycles. The van der Waals surface area contributed by atoms with E-state index in [-0.39, 0.29) is 0 Å². The summed E-state index contributed by atoms with van der Waals surface area (Å²) in [6.45, 7) is 0. The van der Waals surface area contributed by atoms with Crippen molar-refractivity contribution in [2.45, 2.75) is 6.04 Å². The molecule has 0 bridgehead atoms. The lowest BCUT2D eigenvalue weighted by atomic mass is 10.2. The molecule has 1 rings (SSSR count). The number of rotatable bonds is 2. The summed E-state index contributed by atoms with van der Waals surface area (Å²) in [5.74, 6) is 0.951. The second-order valence-electron chi connectivity index (χ2n) is 2.10. The molecule has 0 fully saturated rings. The van der Waals surface area contributed by atoms with E-state index in [0.29, 0.717) is 0 Å². The minimum atomic E-state index is 0.836. The molecule has 57 valence electrons. The van der Waals surface area contributed by atoms with Crippen molar-refractivity contribution in [2.75, 3.05) is 7.11 Å². The molecule has 1 nitrogen and oxygen atoms in total. The molecule has 0 unspecified atom stereocenters. The molecule has 11 heavy (non-hydrogen) atoms. The fourth-order valence-electron chi connectivity index (χ4n) is 0.902. The molecule has 0 amide bonds. The smallest absolute Gasteiger partial charge is 0.122 e. The molecular weight excluding hydrogens is 267 g/mol. The number of methoxy groups -OCH3 is 1. The van der Waals surface area contributed by atoms with Crippen LogP contribution >= 0.6 is 22.6 Å². The van der Waals surface area contributed by atoms with E-state index in [4.69, 9.17) is 4.74 Å². The molecule has 0 aliphatic heterocycles. The van der Waals surface area contributed by atoms with Crippen LogP contribution in [0.1, 0.15) is 5.56 Å². The standard InChI is InChI=1S/C8H8IOSi/c1-10-8-4-2-3-7(9)6(8)5-11/h2-4H,5H2,1H3. The Labute approximate surface area is 83.7 Å². The van der Waals surface area contributed by atoms with E-state index in [2.05, 4.69) is 38.9 Å². The number of ether oxygens (including phenoxy) is 1. The van der Waals surface area contributed by atoms with Crippen molar-refractivity contribution >= 4 is 32.8 Å². The third-order valence-corrected chi connectivity index (χ3v) is 2.84. The highest BCUT2D eigenvalue weighted by atomic mass is 127. The van der Waals surface area contributed by atoms with Gasteiger partial charge in [-0.05, 0) is 40.8 Å². The molecule has 0 aliphatic carbocycles. The number of benzene rings is 1. The zero-order valence-corrected chi connectivity index (χ0v) is 9.38. The summed E-state index contributed by atoms with van der Waals surface area (Å²) < 4.78 is 6.41. The van der Waals surface area contributed by atoms with Crippen molar-refractivity contribution < 1.29 is 4.74 Å². The number of hydrogen-bond acceptors (Lipinski definition) is 1. The van der Waals surface area contributed by atoms with Gasteiger partial charge in [0, 0.05) is 19.4 Å². The van der Waals surface area contributed by atoms with Crippen LogP contribution in [0.5, 0.6) is 5.75 Å². The van der Waals surface area contributed by atoms with E-state index < -0.39 is 0 Å². The van der Waals surface area contributed by atoms with Crippen LogP contribution < -0.4 is 4.74 Å². The number of hydrogen-bond donors (Lipinski definition) is 0. The van der Waals surface area contributed by atoms with Gasteiger partial charge >= 0.3 is 0 Å². The Kier molecular flexibility index (Phi) is 3.38. The molecule has 0 saturated heterocycles. The van der Waals surface area contributed by atoms with Crippen molar-refractivity contribution in [3.63, 3.8) is 0 Å². The molecule has 3 heteroatoms. The van der Waals surface area contributed by atoms with Gasteiger partial charge in [0.25, 0.3) is 0 Å². The topological polar surface area (TPSA) is 9.23 Å². The SMILES string of the molecule is COc1cccc(I)c1C[Si]. The molecule has 0 saturated carbocycles. The zero-order chi connectivity index (χ0) is 8.27. The third-order valence-electron chi connectivity index (χ3n) is 1.47. The monoisotopic (exact) mass is 275 g/mol. The van der Waals surface area contributed by atoms with Gasteiger partial charge < -0.3 is 4.74 Å². The molecule has 0 aliphatic rings. The van der Waals surface area contributed by atoms with Crippen LogP contribution in [-0.4, -0.2) is 17.4 Å². The van der Waals surface area contributed by atoms with Gasteiger partial charge in [-0.2, -0.15) is 0 Å². The van der Waals surface area contributed by atoms with Crippen LogP contribution in [0.4, 0.5) is 0 Å². The Hall–Kier alpha value is -0.0331. The Morgan fingerprint density at radius 1 is 1.55 bits per heavy atom. The summed E-state index contributed by atoms with van der Waals surface area (Å²) in [5.41, 5.74) is 1.22. The fourth-order valence-corrected chi connectivity index (χ4v) is 2.29. The van der Waals surface area contributed by atoms with Gasteiger partial charge in [0.05, 0.1) is 7.11 Å². The molecule has 1 aromatic rings. The molecular formula is C8H8IOSi. The zero-order valence-electron chi connectivity index (χ0n) is 6.23. The molecule has 1 aromatic carbocycles. The maximum atomic E-state index is 5.18. The first kappa shape index (κ1) is 9.06. The average Bonchev–Trinajstić information content (AvgIpc) is 2.04. The van der Waals surface area contributed by atoms with Gasteiger partial charge in [-0.25, -0.2) is 0 Å². The maximum Gasteiger partial charge on any atom is 0.122 e. The van der Waals surface area contributed by atoms with Crippen molar-refractivity contribution in [3.05, 3.63) is 27.3 Å². The average molecular weight is 275 g/mol.